The van der Waals surface area contributed by atoms with Crippen LogP contribution in [-0.4, -0.2) is 44.2 Å². The molecule has 1 amide bonds. The minimum atomic E-state index is -0.150. The van der Waals surface area contributed by atoms with Crippen LogP contribution in [-0.2, 0) is 11.3 Å². The van der Waals surface area contributed by atoms with E-state index in [1.54, 1.807) is 36.2 Å². The summed E-state index contributed by atoms with van der Waals surface area (Å²) >= 11 is 5.93. The SMILES string of the molecule is CN(Cc1ccc(N2CCOCC2)cc1)C(=O)c1ccc(-c2ccc(Cl)cc2)o1. The first kappa shape index (κ1) is 19.6. The van der Waals surface area contributed by atoms with Crippen LogP contribution >= 0.6 is 11.6 Å². The van der Waals surface area contributed by atoms with Crippen LogP contribution in [0.5, 0.6) is 0 Å². The molecule has 1 aromatic heterocycles. The quantitative estimate of drug-likeness (QED) is 0.611. The van der Waals surface area contributed by atoms with Gasteiger partial charge in [0.05, 0.1) is 13.2 Å². The van der Waals surface area contributed by atoms with Crippen molar-refractivity contribution in [3.05, 3.63) is 77.0 Å². The summed E-state index contributed by atoms with van der Waals surface area (Å²) < 4.78 is 11.2. The fourth-order valence-electron chi connectivity index (χ4n) is 3.39. The summed E-state index contributed by atoms with van der Waals surface area (Å²) in [5.74, 6) is 0.818. The predicted octanol–water partition coefficient (Wildman–Crippen LogP) is 4.71. The number of amides is 1. The number of hydrogen-bond acceptors (Lipinski definition) is 4. The van der Waals surface area contributed by atoms with Gasteiger partial charge in [-0.15, -0.1) is 0 Å². The number of nitrogens with zero attached hydrogens (tertiary/aromatic N) is 2. The van der Waals surface area contributed by atoms with Gasteiger partial charge in [0.1, 0.15) is 5.76 Å². The lowest BCUT2D eigenvalue weighted by Gasteiger charge is -2.29. The van der Waals surface area contributed by atoms with Crippen molar-refractivity contribution in [3.63, 3.8) is 0 Å². The molecule has 1 aliphatic rings. The molecule has 0 saturated carbocycles. The first-order valence-corrected chi connectivity index (χ1v) is 10.0. The molecule has 2 aromatic carbocycles. The Morgan fingerprint density at radius 1 is 1.00 bits per heavy atom. The molecule has 1 saturated heterocycles. The van der Waals surface area contributed by atoms with Crippen molar-refractivity contribution < 1.29 is 13.9 Å². The highest BCUT2D eigenvalue weighted by Crippen LogP contribution is 2.25. The zero-order chi connectivity index (χ0) is 20.2. The molecule has 0 N–H and O–H groups in total. The van der Waals surface area contributed by atoms with E-state index < -0.39 is 0 Å². The summed E-state index contributed by atoms with van der Waals surface area (Å²) in [7, 11) is 1.78. The Labute approximate surface area is 175 Å². The average Bonchev–Trinajstić information content (AvgIpc) is 3.25. The molecule has 0 aliphatic carbocycles. The second-order valence-electron chi connectivity index (χ2n) is 7.10. The van der Waals surface area contributed by atoms with Gasteiger partial charge in [0, 0.05) is 43.0 Å². The number of halogens is 1. The number of rotatable bonds is 5. The molecule has 5 nitrogen and oxygen atoms in total. The van der Waals surface area contributed by atoms with Crippen molar-refractivity contribution in [3.8, 4) is 11.3 Å². The highest BCUT2D eigenvalue weighted by molar-refractivity contribution is 6.30. The van der Waals surface area contributed by atoms with Crippen LogP contribution in [0.15, 0.2) is 65.1 Å². The van der Waals surface area contributed by atoms with E-state index in [-0.39, 0.29) is 5.91 Å². The van der Waals surface area contributed by atoms with Gasteiger partial charge in [-0.2, -0.15) is 0 Å². The molecule has 0 bridgehead atoms. The third-order valence-electron chi connectivity index (χ3n) is 5.02. The van der Waals surface area contributed by atoms with Gasteiger partial charge in [-0.25, -0.2) is 0 Å². The highest BCUT2D eigenvalue weighted by Gasteiger charge is 2.17. The number of anilines is 1. The minimum absolute atomic E-state index is 0.150. The Morgan fingerprint density at radius 2 is 1.69 bits per heavy atom. The number of furan rings is 1. The van der Waals surface area contributed by atoms with Crippen molar-refractivity contribution in [2.45, 2.75) is 6.54 Å². The van der Waals surface area contributed by atoms with Crippen LogP contribution in [0.2, 0.25) is 5.02 Å². The first-order chi connectivity index (χ1) is 14.1. The maximum atomic E-state index is 12.8. The van der Waals surface area contributed by atoms with Crippen molar-refractivity contribution in [2.24, 2.45) is 0 Å². The molecular formula is C23H23ClN2O3. The molecule has 1 fully saturated rings. The van der Waals surface area contributed by atoms with E-state index in [1.807, 2.05) is 12.1 Å². The van der Waals surface area contributed by atoms with Crippen molar-refractivity contribution in [2.75, 3.05) is 38.3 Å². The maximum Gasteiger partial charge on any atom is 0.289 e. The van der Waals surface area contributed by atoms with E-state index in [0.717, 1.165) is 37.4 Å². The minimum Gasteiger partial charge on any atom is -0.451 e. The van der Waals surface area contributed by atoms with Crippen molar-refractivity contribution >= 4 is 23.2 Å². The van der Waals surface area contributed by atoms with E-state index in [4.69, 9.17) is 20.8 Å². The smallest absolute Gasteiger partial charge is 0.289 e. The van der Waals surface area contributed by atoms with E-state index in [9.17, 15) is 4.79 Å². The van der Waals surface area contributed by atoms with Crippen LogP contribution in [0.25, 0.3) is 11.3 Å². The summed E-state index contributed by atoms with van der Waals surface area (Å²) in [4.78, 5) is 16.7. The lowest BCUT2D eigenvalue weighted by Crippen LogP contribution is -2.36. The fraction of sp³-hybridized carbons (Fsp3) is 0.261. The summed E-state index contributed by atoms with van der Waals surface area (Å²) in [5, 5.41) is 0.663. The highest BCUT2D eigenvalue weighted by atomic mass is 35.5. The van der Waals surface area contributed by atoms with Gasteiger partial charge in [-0.05, 0) is 54.1 Å². The molecule has 3 aromatic rings. The lowest BCUT2D eigenvalue weighted by molar-refractivity contribution is 0.0754. The largest absolute Gasteiger partial charge is 0.451 e. The molecule has 150 valence electrons. The molecule has 1 aliphatic heterocycles. The van der Waals surface area contributed by atoms with E-state index in [1.165, 1.54) is 5.69 Å². The van der Waals surface area contributed by atoms with E-state index in [0.29, 0.717) is 23.1 Å². The molecule has 4 rings (SSSR count). The number of benzene rings is 2. The summed E-state index contributed by atoms with van der Waals surface area (Å²) in [6.07, 6.45) is 0. The average molecular weight is 411 g/mol. The number of carbonyl (C=O) groups is 1. The molecule has 0 unspecified atom stereocenters. The molecule has 0 atom stereocenters. The maximum absolute atomic E-state index is 12.8. The zero-order valence-corrected chi connectivity index (χ0v) is 17.1. The topological polar surface area (TPSA) is 45.9 Å². The van der Waals surface area contributed by atoms with E-state index in [2.05, 4.69) is 29.2 Å². The Kier molecular flexibility index (Phi) is 5.88. The second-order valence-corrected chi connectivity index (χ2v) is 7.53. The Morgan fingerprint density at radius 3 is 2.38 bits per heavy atom. The van der Waals surface area contributed by atoms with Gasteiger partial charge in [0.15, 0.2) is 5.76 Å². The predicted molar refractivity (Wildman–Crippen MR) is 114 cm³/mol. The molecule has 29 heavy (non-hydrogen) atoms. The Balaban J connectivity index is 1.40. The lowest BCUT2D eigenvalue weighted by atomic mass is 10.1. The van der Waals surface area contributed by atoms with Gasteiger partial charge in [0.2, 0.25) is 0 Å². The van der Waals surface area contributed by atoms with Crippen LogP contribution in [0.1, 0.15) is 16.1 Å². The van der Waals surface area contributed by atoms with Crippen molar-refractivity contribution in [1.82, 2.24) is 4.90 Å². The molecule has 0 spiro atoms. The summed E-state index contributed by atoms with van der Waals surface area (Å²) in [5.41, 5.74) is 3.14. The van der Waals surface area contributed by atoms with Crippen LogP contribution in [0.3, 0.4) is 0 Å². The van der Waals surface area contributed by atoms with Crippen molar-refractivity contribution in [1.29, 1.82) is 0 Å². The summed E-state index contributed by atoms with van der Waals surface area (Å²) in [6, 6.07) is 19.2. The van der Waals surface area contributed by atoms with Crippen LogP contribution in [0, 0.1) is 0 Å². The Bertz CT molecular complexity index is 961. The third-order valence-corrected chi connectivity index (χ3v) is 5.28. The van der Waals surface area contributed by atoms with Gasteiger partial charge in [-0.1, -0.05) is 23.7 Å². The second kappa shape index (κ2) is 8.72. The Hall–Kier alpha value is -2.76. The normalized spacial score (nSPS) is 14.1. The molecular weight excluding hydrogens is 388 g/mol. The molecule has 6 heteroatoms. The zero-order valence-electron chi connectivity index (χ0n) is 16.3. The molecule has 2 heterocycles. The van der Waals surface area contributed by atoms with E-state index >= 15 is 0 Å². The number of morpholine rings is 1. The monoisotopic (exact) mass is 410 g/mol. The van der Waals surface area contributed by atoms with Gasteiger partial charge < -0.3 is 19.0 Å². The standard InChI is InChI=1S/C23H23ClN2O3/c1-25(16-17-2-8-20(9-3-17)26-12-14-28-15-13-26)23(27)22-11-10-21(29-22)18-4-6-19(24)7-5-18/h2-11H,12-16H2,1H3. The van der Waals surface area contributed by atoms with Gasteiger partial charge >= 0.3 is 0 Å². The first-order valence-electron chi connectivity index (χ1n) is 9.63. The van der Waals surface area contributed by atoms with Gasteiger partial charge in [0.25, 0.3) is 5.91 Å². The van der Waals surface area contributed by atoms with Crippen LogP contribution in [0.4, 0.5) is 5.69 Å². The third kappa shape index (κ3) is 4.63. The fourth-order valence-corrected chi connectivity index (χ4v) is 3.52. The number of hydrogen-bond donors (Lipinski definition) is 0. The van der Waals surface area contributed by atoms with Crippen LogP contribution < -0.4 is 4.90 Å². The number of ether oxygens (including phenoxy) is 1. The summed E-state index contributed by atoms with van der Waals surface area (Å²) in [6.45, 7) is 3.86. The molecule has 0 radical (unpaired) electrons. The van der Waals surface area contributed by atoms with Gasteiger partial charge in [-0.3, -0.25) is 4.79 Å². The number of carbonyl (C=O) groups excluding carboxylic acids is 1.